The molecule has 0 aliphatic carbocycles. The number of ether oxygens (including phenoxy) is 2. The molecule has 2 aromatic carbocycles. The summed E-state index contributed by atoms with van der Waals surface area (Å²) in [5.41, 5.74) is 2.35. The zero-order chi connectivity index (χ0) is 19.4. The Hall–Kier alpha value is -3.15. The highest BCUT2D eigenvalue weighted by Crippen LogP contribution is 2.29. The third kappa shape index (κ3) is 4.53. The Bertz CT molecular complexity index is 1020. The second-order valence-electron chi connectivity index (χ2n) is 6.20. The Balaban J connectivity index is 1.94. The first kappa shape index (κ1) is 18.6. The highest BCUT2D eigenvalue weighted by molar-refractivity contribution is 5.83. The van der Waals surface area contributed by atoms with Gasteiger partial charge in [0, 0.05) is 23.9 Å². The van der Waals surface area contributed by atoms with Crippen molar-refractivity contribution < 1.29 is 23.1 Å². The van der Waals surface area contributed by atoms with Gasteiger partial charge in [0.1, 0.15) is 23.8 Å². The van der Waals surface area contributed by atoms with E-state index in [9.17, 15) is 14.0 Å². The predicted octanol–water partition coefficient (Wildman–Crippen LogP) is 3.93. The van der Waals surface area contributed by atoms with Crippen molar-refractivity contribution in [3.05, 3.63) is 75.4 Å². The SMILES string of the molecule is COC(=O)CCc1cc2c(C)cc(=O)oc2cc1OCc1ccc(F)cc1. The maximum atomic E-state index is 13.0. The van der Waals surface area contributed by atoms with Gasteiger partial charge in [-0.3, -0.25) is 4.79 Å². The van der Waals surface area contributed by atoms with Crippen LogP contribution in [0.3, 0.4) is 0 Å². The fourth-order valence-corrected chi connectivity index (χ4v) is 2.80. The normalized spacial score (nSPS) is 10.8. The summed E-state index contributed by atoms with van der Waals surface area (Å²) in [6.45, 7) is 2.04. The number of hydrogen-bond donors (Lipinski definition) is 0. The standard InChI is InChI=1S/C21H19FO5/c1-13-9-21(24)27-19-11-18(26-12-14-3-6-16(22)7-4-14)15(10-17(13)19)5-8-20(23)25-2/h3-4,6-7,9-11H,5,8,12H2,1-2H3. The molecular formula is C21H19FO5. The number of rotatable bonds is 6. The Labute approximate surface area is 155 Å². The van der Waals surface area contributed by atoms with E-state index in [1.807, 2.05) is 13.0 Å². The molecule has 1 heterocycles. The van der Waals surface area contributed by atoms with Crippen LogP contribution >= 0.6 is 0 Å². The lowest BCUT2D eigenvalue weighted by molar-refractivity contribution is -0.140. The first-order valence-corrected chi connectivity index (χ1v) is 8.47. The molecule has 0 saturated heterocycles. The molecule has 0 aliphatic rings. The number of esters is 1. The van der Waals surface area contributed by atoms with Crippen LogP contribution in [-0.4, -0.2) is 13.1 Å². The summed E-state index contributed by atoms with van der Waals surface area (Å²) in [5.74, 6) is -0.138. The van der Waals surface area contributed by atoms with Gasteiger partial charge in [-0.1, -0.05) is 12.1 Å². The molecule has 3 aromatic rings. The topological polar surface area (TPSA) is 65.7 Å². The summed E-state index contributed by atoms with van der Waals surface area (Å²) < 4.78 is 28.9. The Morgan fingerprint density at radius 3 is 2.59 bits per heavy atom. The van der Waals surface area contributed by atoms with Crippen LogP contribution in [0.4, 0.5) is 4.39 Å². The fraction of sp³-hybridized carbons (Fsp3) is 0.238. The molecule has 0 spiro atoms. The van der Waals surface area contributed by atoms with Crippen LogP contribution in [0.15, 0.2) is 51.7 Å². The third-order valence-corrected chi connectivity index (χ3v) is 4.27. The monoisotopic (exact) mass is 370 g/mol. The van der Waals surface area contributed by atoms with Gasteiger partial charge in [-0.05, 0) is 48.2 Å². The molecule has 0 aliphatic heterocycles. The van der Waals surface area contributed by atoms with Gasteiger partial charge in [0.05, 0.1) is 7.11 Å². The fourth-order valence-electron chi connectivity index (χ4n) is 2.80. The van der Waals surface area contributed by atoms with Gasteiger partial charge < -0.3 is 13.9 Å². The van der Waals surface area contributed by atoms with Crippen LogP contribution in [0.2, 0.25) is 0 Å². The third-order valence-electron chi connectivity index (χ3n) is 4.27. The smallest absolute Gasteiger partial charge is 0.336 e. The Morgan fingerprint density at radius 2 is 1.89 bits per heavy atom. The lowest BCUT2D eigenvalue weighted by Gasteiger charge is -2.13. The molecular weight excluding hydrogens is 351 g/mol. The van der Waals surface area contributed by atoms with Crippen molar-refractivity contribution in [1.82, 2.24) is 0 Å². The maximum Gasteiger partial charge on any atom is 0.336 e. The van der Waals surface area contributed by atoms with E-state index < -0.39 is 5.63 Å². The minimum absolute atomic E-state index is 0.199. The summed E-state index contributed by atoms with van der Waals surface area (Å²) in [6.07, 6.45) is 0.616. The lowest BCUT2D eigenvalue weighted by Crippen LogP contribution is -2.05. The average Bonchev–Trinajstić information content (AvgIpc) is 2.65. The van der Waals surface area contributed by atoms with Crippen molar-refractivity contribution in [2.24, 2.45) is 0 Å². The number of hydrogen-bond acceptors (Lipinski definition) is 5. The zero-order valence-corrected chi connectivity index (χ0v) is 15.1. The lowest BCUT2D eigenvalue weighted by atomic mass is 10.0. The van der Waals surface area contributed by atoms with Crippen molar-refractivity contribution in [1.29, 1.82) is 0 Å². The highest BCUT2D eigenvalue weighted by Gasteiger charge is 2.13. The van der Waals surface area contributed by atoms with E-state index in [-0.39, 0.29) is 24.8 Å². The van der Waals surface area contributed by atoms with Crippen LogP contribution in [-0.2, 0) is 22.6 Å². The molecule has 3 rings (SSSR count). The van der Waals surface area contributed by atoms with E-state index in [0.29, 0.717) is 17.8 Å². The summed E-state index contributed by atoms with van der Waals surface area (Å²) in [6, 6.07) is 10.9. The van der Waals surface area contributed by atoms with Crippen molar-refractivity contribution >= 4 is 16.9 Å². The molecule has 5 nitrogen and oxygen atoms in total. The van der Waals surface area contributed by atoms with E-state index in [0.717, 1.165) is 22.1 Å². The summed E-state index contributed by atoms with van der Waals surface area (Å²) in [5, 5.41) is 0.781. The van der Waals surface area contributed by atoms with E-state index in [1.54, 1.807) is 18.2 Å². The van der Waals surface area contributed by atoms with Crippen LogP contribution in [0.25, 0.3) is 11.0 Å². The van der Waals surface area contributed by atoms with Crippen LogP contribution in [0, 0.1) is 12.7 Å². The number of halogens is 1. The molecule has 140 valence electrons. The van der Waals surface area contributed by atoms with Crippen molar-refractivity contribution in [3.8, 4) is 5.75 Å². The molecule has 0 N–H and O–H groups in total. The van der Waals surface area contributed by atoms with Gasteiger partial charge >= 0.3 is 11.6 Å². The number of benzene rings is 2. The van der Waals surface area contributed by atoms with E-state index in [1.165, 1.54) is 25.3 Å². The number of carbonyl (C=O) groups excluding carboxylic acids is 1. The molecule has 0 bridgehead atoms. The summed E-state index contributed by atoms with van der Waals surface area (Å²) in [4.78, 5) is 23.2. The quantitative estimate of drug-likeness (QED) is 0.486. The Morgan fingerprint density at radius 1 is 1.15 bits per heavy atom. The highest BCUT2D eigenvalue weighted by atomic mass is 19.1. The van der Waals surface area contributed by atoms with Crippen LogP contribution in [0.5, 0.6) is 5.75 Å². The van der Waals surface area contributed by atoms with Gasteiger partial charge in [-0.15, -0.1) is 0 Å². The van der Waals surface area contributed by atoms with E-state index in [2.05, 4.69) is 0 Å². The first-order chi connectivity index (χ1) is 13.0. The molecule has 6 heteroatoms. The Kier molecular flexibility index (Phi) is 5.54. The molecule has 0 radical (unpaired) electrons. The number of aryl methyl sites for hydroxylation is 2. The molecule has 0 unspecified atom stereocenters. The molecule has 0 atom stereocenters. The van der Waals surface area contributed by atoms with Gasteiger partial charge in [-0.25, -0.2) is 9.18 Å². The van der Waals surface area contributed by atoms with Crippen molar-refractivity contribution in [2.45, 2.75) is 26.4 Å². The van der Waals surface area contributed by atoms with Gasteiger partial charge in [-0.2, -0.15) is 0 Å². The van der Waals surface area contributed by atoms with Crippen LogP contribution < -0.4 is 10.4 Å². The molecule has 27 heavy (non-hydrogen) atoms. The number of carbonyl (C=O) groups is 1. The minimum atomic E-state index is -0.438. The van der Waals surface area contributed by atoms with E-state index >= 15 is 0 Å². The molecule has 1 aromatic heterocycles. The van der Waals surface area contributed by atoms with E-state index in [4.69, 9.17) is 13.9 Å². The minimum Gasteiger partial charge on any atom is -0.488 e. The second-order valence-corrected chi connectivity index (χ2v) is 6.20. The summed E-state index contributed by atoms with van der Waals surface area (Å²) >= 11 is 0. The maximum absolute atomic E-state index is 13.0. The molecule has 0 saturated carbocycles. The molecule has 0 fully saturated rings. The van der Waals surface area contributed by atoms with Crippen LogP contribution in [0.1, 0.15) is 23.1 Å². The molecule has 0 amide bonds. The zero-order valence-electron chi connectivity index (χ0n) is 15.1. The second kappa shape index (κ2) is 8.03. The van der Waals surface area contributed by atoms with Crippen molar-refractivity contribution in [3.63, 3.8) is 0 Å². The van der Waals surface area contributed by atoms with Gasteiger partial charge in [0.15, 0.2) is 0 Å². The van der Waals surface area contributed by atoms with Gasteiger partial charge in [0.25, 0.3) is 0 Å². The number of fused-ring (bicyclic) bond motifs is 1. The van der Waals surface area contributed by atoms with Crippen molar-refractivity contribution in [2.75, 3.05) is 7.11 Å². The van der Waals surface area contributed by atoms with Gasteiger partial charge in [0.2, 0.25) is 0 Å². The number of methoxy groups -OCH3 is 1. The predicted molar refractivity (Wildman–Crippen MR) is 98.3 cm³/mol. The average molecular weight is 370 g/mol. The first-order valence-electron chi connectivity index (χ1n) is 8.47. The largest absolute Gasteiger partial charge is 0.488 e. The summed E-state index contributed by atoms with van der Waals surface area (Å²) in [7, 11) is 1.34.